The Balaban J connectivity index is 1.60. The van der Waals surface area contributed by atoms with Crippen LogP contribution in [0.5, 0.6) is 11.5 Å². The van der Waals surface area contributed by atoms with Crippen molar-refractivity contribution in [2.75, 3.05) is 11.9 Å². The molecule has 0 saturated heterocycles. The summed E-state index contributed by atoms with van der Waals surface area (Å²) in [6.45, 7) is 1.22. The fourth-order valence-corrected chi connectivity index (χ4v) is 2.12. The van der Waals surface area contributed by atoms with E-state index in [1.165, 1.54) is 6.07 Å². The lowest BCUT2D eigenvalue weighted by atomic mass is 10.3. The number of esters is 1. The Kier molecular flexibility index (Phi) is 5.28. The molecule has 0 aliphatic rings. The highest BCUT2D eigenvalue weighted by Gasteiger charge is 2.16. The maximum atomic E-state index is 12.1. The summed E-state index contributed by atoms with van der Waals surface area (Å²) in [5.41, 5.74) is 1.02. The van der Waals surface area contributed by atoms with Gasteiger partial charge in [-0.2, -0.15) is 0 Å². The van der Waals surface area contributed by atoms with E-state index in [-0.39, 0.29) is 5.76 Å². The molecule has 0 spiro atoms. The lowest BCUT2D eigenvalue weighted by Crippen LogP contribution is -2.21. The first kappa shape index (κ1) is 17.2. The Hall–Kier alpha value is -3.61. The van der Waals surface area contributed by atoms with Crippen molar-refractivity contribution in [1.82, 2.24) is 5.16 Å². The number of carbonyl (C=O) groups excluding carboxylic acids is 2. The molecule has 1 amide bonds. The Morgan fingerprint density at radius 1 is 1.08 bits per heavy atom. The van der Waals surface area contributed by atoms with Crippen molar-refractivity contribution in [2.24, 2.45) is 0 Å². The number of aromatic nitrogens is 1. The van der Waals surface area contributed by atoms with Crippen LogP contribution in [-0.2, 0) is 9.53 Å². The van der Waals surface area contributed by atoms with E-state index in [9.17, 15) is 9.59 Å². The van der Waals surface area contributed by atoms with Gasteiger partial charge in [-0.15, -0.1) is 0 Å². The Morgan fingerprint density at radius 3 is 2.54 bits per heavy atom. The highest BCUT2D eigenvalue weighted by Crippen LogP contribution is 2.28. The number of benzene rings is 2. The molecule has 0 unspecified atom stereocenters. The lowest BCUT2D eigenvalue weighted by molar-refractivity contribution is -0.119. The number of carbonyl (C=O) groups is 2. The first-order valence-corrected chi connectivity index (χ1v) is 7.84. The zero-order valence-electron chi connectivity index (χ0n) is 14.0. The van der Waals surface area contributed by atoms with E-state index in [2.05, 4.69) is 10.5 Å². The van der Waals surface area contributed by atoms with E-state index < -0.39 is 18.5 Å². The zero-order valence-corrected chi connectivity index (χ0v) is 14.0. The van der Waals surface area contributed by atoms with Gasteiger partial charge in [0.05, 0.1) is 11.4 Å². The quantitative estimate of drug-likeness (QED) is 0.682. The molecule has 132 valence electrons. The number of aryl methyl sites for hydroxylation is 1. The van der Waals surface area contributed by atoms with Gasteiger partial charge in [-0.05, 0) is 31.2 Å². The van der Waals surface area contributed by atoms with Crippen molar-refractivity contribution in [3.05, 3.63) is 72.1 Å². The zero-order chi connectivity index (χ0) is 18.4. The van der Waals surface area contributed by atoms with Gasteiger partial charge < -0.3 is 19.3 Å². The average Bonchev–Trinajstić information content (AvgIpc) is 3.09. The van der Waals surface area contributed by atoms with Crippen molar-refractivity contribution in [1.29, 1.82) is 0 Å². The molecule has 26 heavy (non-hydrogen) atoms. The van der Waals surface area contributed by atoms with Gasteiger partial charge in [-0.25, -0.2) is 4.79 Å². The standard InChI is InChI=1S/C19H16N2O5/c1-13-11-17(26-21-13)19(23)24-12-18(22)20-15-9-5-6-10-16(15)25-14-7-3-2-4-8-14/h2-11H,12H2,1H3,(H,20,22). The Morgan fingerprint density at radius 2 is 1.81 bits per heavy atom. The number of hydrogen-bond acceptors (Lipinski definition) is 6. The number of nitrogens with one attached hydrogen (secondary N) is 1. The van der Waals surface area contributed by atoms with Gasteiger partial charge in [0.25, 0.3) is 5.91 Å². The molecule has 0 radical (unpaired) electrons. The van der Waals surface area contributed by atoms with Crippen molar-refractivity contribution in [3.8, 4) is 11.5 Å². The fourth-order valence-electron chi connectivity index (χ4n) is 2.12. The van der Waals surface area contributed by atoms with Crippen molar-refractivity contribution in [3.63, 3.8) is 0 Å². The summed E-state index contributed by atoms with van der Waals surface area (Å²) in [4.78, 5) is 23.8. The van der Waals surface area contributed by atoms with Gasteiger partial charge in [0.15, 0.2) is 12.4 Å². The molecule has 3 aromatic rings. The maximum absolute atomic E-state index is 12.1. The number of anilines is 1. The molecule has 1 heterocycles. The molecule has 0 aliphatic heterocycles. The number of hydrogen-bond donors (Lipinski definition) is 1. The summed E-state index contributed by atoms with van der Waals surface area (Å²) in [5, 5.41) is 6.25. The van der Waals surface area contributed by atoms with Crippen LogP contribution in [0.2, 0.25) is 0 Å². The molecule has 3 rings (SSSR count). The van der Waals surface area contributed by atoms with Gasteiger partial charge in [0, 0.05) is 6.07 Å². The first-order valence-electron chi connectivity index (χ1n) is 7.84. The maximum Gasteiger partial charge on any atom is 0.377 e. The highest BCUT2D eigenvalue weighted by atomic mass is 16.6. The number of rotatable bonds is 6. The fraction of sp³-hybridized carbons (Fsp3) is 0.105. The largest absolute Gasteiger partial charge is 0.455 e. The summed E-state index contributed by atoms with van der Waals surface area (Å²) in [6.07, 6.45) is 0. The van der Waals surface area contributed by atoms with Gasteiger partial charge in [-0.3, -0.25) is 4.79 Å². The smallest absolute Gasteiger partial charge is 0.377 e. The molecule has 7 nitrogen and oxygen atoms in total. The second-order valence-corrected chi connectivity index (χ2v) is 5.37. The third-order valence-corrected chi connectivity index (χ3v) is 3.30. The van der Waals surface area contributed by atoms with Crippen LogP contribution >= 0.6 is 0 Å². The Bertz CT molecular complexity index is 905. The highest BCUT2D eigenvalue weighted by molar-refractivity contribution is 5.95. The van der Waals surface area contributed by atoms with Gasteiger partial charge in [0.2, 0.25) is 5.76 Å². The monoisotopic (exact) mass is 352 g/mol. The van der Waals surface area contributed by atoms with E-state index >= 15 is 0 Å². The second kappa shape index (κ2) is 7.98. The molecule has 0 aliphatic carbocycles. The summed E-state index contributed by atoms with van der Waals surface area (Å²) >= 11 is 0. The number of nitrogens with zero attached hydrogens (tertiary/aromatic N) is 1. The molecule has 0 bridgehead atoms. The number of para-hydroxylation sites is 3. The number of ether oxygens (including phenoxy) is 2. The van der Waals surface area contributed by atoms with Crippen LogP contribution in [0, 0.1) is 6.92 Å². The van der Waals surface area contributed by atoms with E-state index in [4.69, 9.17) is 14.0 Å². The van der Waals surface area contributed by atoms with Crippen LogP contribution in [-0.4, -0.2) is 23.6 Å². The van der Waals surface area contributed by atoms with Crippen LogP contribution in [0.1, 0.15) is 16.2 Å². The predicted octanol–water partition coefficient (Wildman–Crippen LogP) is 3.57. The third kappa shape index (κ3) is 4.47. The minimum absolute atomic E-state index is 0.0527. The van der Waals surface area contributed by atoms with E-state index in [0.717, 1.165) is 0 Å². The molecular formula is C19H16N2O5. The van der Waals surface area contributed by atoms with Crippen molar-refractivity contribution >= 4 is 17.6 Å². The van der Waals surface area contributed by atoms with Crippen LogP contribution in [0.3, 0.4) is 0 Å². The van der Waals surface area contributed by atoms with Gasteiger partial charge in [0.1, 0.15) is 5.75 Å². The third-order valence-electron chi connectivity index (χ3n) is 3.30. The van der Waals surface area contributed by atoms with Crippen molar-refractivity contribution < 1.29 is 23.6 Å². The summed E-state index contributed by atoms with van der Waals surface area (Å²) < 4.78 is 15.5. The molecule has 0 fully saturated rings. The van der Waals surface area contributed by atoms with Gasteiger partial charge >= 0.3 is 5.97 Å². The van der Waals surface area contributed by atoms with Crippen LogP contribution < -0.4 is 10.1 Å². The minimum atomic E-state index is -0.755. The van der Waals surface area contributed by atoms with Crippen LogP contribution in [0.4, 0.5) is 5.69 Å². The molecule has 2 aromatic carbocycles. The number of amides is 1. The predicted molar refractivity (Wildman–Crippen MR) is 93.1 cm³/mol. The van der Waals surface area contributed by atoms with E-state index in [1.807, 2.05) is 18.2 Å². The summed E-state index contributed by atoms with van der Waals surface area (Å²) in [7, 11) is 0. The molecule has 0 saturated carbocycles. The first-order chi connectivity index (χ1) is 12.6. The van der Waals surface area contributed by atoms with Crippen molar-refractivity contribution in [2.45, 2.75) is 6.92 Å². The van der Waals surface area contributed by atoms with Crippen LogP contribution in [0.15, 0.2) is 65.2 Å². The topological polar surface area (TPSA) is 90.7 Å². The molecule has 7 heteroatoms. The molecular weight excluding hydrogens is 336 g/mol. The molecule has 1 aromatic heterocycles. The lowest BCUT2D eigenvalue weighted by Gasteiger charge is -2.12. The minimum Gasteiger partial charge on any atom is -0.455 e. The second-order valence-electron chi connectivity index (χ2n) is 5.37. The normalized spacial score (nSPS) is 10.2. The average molecular weight is 352 g/mol. The molecule has 1 N–H and O–H groups in total. The Labute approximate surface area is 149 Å². The van der Waals surface area contributed by atoms with Gasteiger partial charge in [-0.1, -0.05) is 35.5 Å². The molecule has 0 atom stereocenters. The van der Waals surface area contributed by atoms with E-state index in [0.29, 0.717) is 22.9 Å². The summed E-state index contributed by atoms with van der Waals surface area (Å²) in [6, 6.07) is 17.6. The van der Waals surface area contributed by atoms with Crippen LogP contribution in [0.25, 0.3) is 0 Å². The van der Waals surface area contributed by atoms with E-state index in [1.54, 1.807) is 43.3 Å². The summed E-state index contributed by atoms with van der Waals surface area (Å²) in [5.74, 6) is -0.193. The SMILES string of the molecule is Cc1cc(C(=O)OCC(=O)Nc2ccccc2Oc2ccccc2)on1.